The molecule has 0 atom stereocenters. The topological polar surface area (TPSA) is 49.4 Å². The number of hydrogen-bond donors (Lipinski definition) is 0. The molecule has 7 heteroatoms. The van der Waals surface area contributed by atoms with Crippen LogP contribution in [0.5, 0.6) is 0 Å². The third-order valence-electron chi connectivity index (χ3n) is 1.86. The van der Waals surface area contributed by atoms with Crippen LogP contribution in [0.25, 0.3) is 0 Å². The summed E-state index contributed by atoms with van der Waals surface area (Å²) >= 11 is 0. The molecule has 0 heterocycles. The molecule has 0 aliphatic carbocycles. The van der Waals surface area contributed by atoms with E-state index in [9.17, 15) is 0 Å². The Bertz CT molecular complexity index is 130. The van der Waals surface area contributed by atoms with Crippen LogP contribution in [0.4, 0.5) is 0 Å². The molecule has 0 unspecified atom stereocenters. The van der Waals surface area contributed by atoms with Gasteiger partial charge in [0.05, 0.1) is 19.8 Å². The van der Waals surface area contributed by atoms with Gasteiger partial charge in [-0.15, -0.1) is 0 Å². The quantitative estimate of drug-likeness (QED) is 0.407. The second kappa shape index (κ2) is 19.0. The van der Waals surface area contributed by atoms with E-state index in [-0.39, 0.29) is 0 Å². The third kappa shape index (κ3) is 16.0. The molecule has 6 nitrogen and oxygen atoms in total. The molecular weight excluding hydrogens is 278 g/mol. The molecule has 0 N–H and O–H groups in total. The van der Waals surface area contributed by atoms with Crippen molar-refractivity contribution in [2.45, 2.75) is 48.0 Å². The Kier molecular flexibility index (Phi) is 21.1. The standard InChI is InChI=1S/C7H17NO2.C6H16O3Si/c1-4-7-8(9-5-2)10-6-3;1-4-7-10(8-5-2)9-6-3/h4-7H2,1-3H3;10H,4-6H2,1-3H3. The lowest BCUT2D eigenvalue weighted by Crippen LogP contribution is -2.27. The van der Waals surface area contributed by atoms with Gasteiger partial charge >= 0.3 is 9.53 Å². The van der Waals surface area contributed by atoms with Crippen molar-refractivity contribution in [3.8, 4) is 0 Å². The summed E-state index contributed by atoms with van der Waals surface area (Å²) in [6.07, 6.45) is 1.04. The van der Waals surface area contributed by atoms with E-state index in [2.05, 4.69) is 6.92 Å². The fraction of sp³-hybridized carbons (Fsp3) is 1.00. The largest absolute Gasteiger partial charge is 0.484 e. The lowest BCUT2D eigenvalue weighted by molar-refractivity contribution is -0.364. The third-order valence-corrected chi connectivity index (χ3v) is 3.68. The Morgan fingerprint density at radius 3 is 1.30 bits per heavy atom. The van der Waals surface area contributed by atoms with Gasteiger partial charge in [-0.25, -0.2) is 0 Å². The predicted molar refractivity (Wildman–Crippen MR) is 82.3 cm³/mol. The molecule has 0 amide bonds. The van der Waals surface area contributed by atoms with Crippen LogP contribution in [-0.4, -0.2) is 54.3 Å². The molecule has 0 aromatic carbocycles. The number of rotatable bonds is 12. The second-order valence-electron chi connectivity index (χ2n) is 3.55. The number of nitrogens with zero attached hydrogens (tertiary/aromatic N) is 1. The van der Waals surface area contributed by atoms with Crippen molar-refractivity contribution in [2.75, 3.05) is 39.6 Å². The first-order chi connectivity index (χ1) is 9.69. The first-order valence-electron chi connectivity index (χ1n) is 7.57. The predicted octanol–water partition coefficient (Wildman–Crippen LogP) is 2.41. The van der Waals surface area contributed by atoms with E-state index in [1.54, 1.807) is 5.23 Å². The zero-order valence-corrected chi connectivity index (χ0v) is 15.2. The molecule has 0 aliphatic heterocycles. The fourth-order valence-corrected chi connectivity index (χ4v) is 2.29. The lowest BCUT2D eigenvalue weighted by Gasteiger charge is -2.17. The highest BCUT2D eigenvalue weighted by Crippen LogP contribution is 1.93. The van der Waals surface area contributed by atoms with Crippen molar-refractivity contribution in [1.82, 2.24) is 5.23 Å². The Morgan fingerprint density at radius 2 is 1.05 bits per heavy atom. The summed E-state index contributed by atoms with van der Waals surface area (Å²) in [5.74, 6) is 0. The van der Waals surface area contributed by atoms with Crippen LogP contribution in [0.2, 0.25) is 0 Å². The minimum absolute atomic E-state index is 0.667. The van der Waals surface area contributed by atoms with Crippen LogP contribution < -0.4 is 0 Å². The monoisotopic (exact) mass is 311 g/mol. The van der Waals surface area contributed by atoms with Crippen molar-refractivity contribution in [2.24, 2.45) is 0 Å². The maximum absolute atomic E-state index is 5.22. The Labute approximate surface area is 126 Å². The van der Waals surface area contributed by atoms with Crippen LogP contribution in [-0.2, 0) is 23.0 Å². The first kappa shape index (κ1) is 22.3. The van der Waals surface area contributed by atoms with E-state index in [0.29, 0.717) is 33.0 Å². The summed E-state index contributed by atoms with van der Waals surface area (Å²) in [5, 5.41) is 1.54. The van der Waals surface area contributed by atoms with Crippen LogP contribution in [0.15, 0.2) is 0 Å². The van der Waals surface area contributed by atoms with Gasteiger partial charge in [-0.1, -0.05) is 12.2 Å². The molecule has 0 spiro atoms. The summed E-state index contributed by atoms with van der Waals surface area (Å²) in [5.41, 5.74) is 0. The van der Waals surface area contributed by atoms with E-state index < -0.39 is 9.53 Å². The second-order valence-corrected chi connectivity index (χ2v) is 5.12. The number of hydrogen-bond acceptors (Lipinski definition) is 6. The van der Waals surface area contributed by atoms with Crippen LogP contribution >= 0.6 is 0 Å². The summed E-state index contributed by atoms with van der Waals surface area (Å²) in [6, 6.07) is 0. The fourth-order valence-electron chi connectivity index (χ4n) is 1.19. The Morgan fingerprint density at radius 1 is 0.650 bits per heavy atom. The van der Waals surface area contributed by atoms with Crippen molar-refractivity contribution in [3.63, 3.8) is 0 Å². The molecule has 124 valence electrons. The van der Waals surface area contributed by atoms with Gasteiger partial charge in [0, 0.05) is 19.8 Å². The van der Waals surface area contributed by atoms with Gasteiger partial charge in [-0.3, -0.25) is 9.68 Å². The van der Waals surface area contributed by atoms with Crippen LogP contribution in [0.1, 0.15) is 48.0 Å². The van der Waals surface area contributed by atoms with Gasteiger partial charge in [0.15, 0.2) is 0 Å². The summed E-state index contributed by atoms with van der Waals surface area (Å²) in [6.45, 7) is 16.0. The molecule has 0 aliphatic rings. The molecule has 0 bridgehead atoms. The Hall–Kier alpha value is -0.0231. The first-order valence-corrected chi connectivity index (χ1v) is 8.99. The van der Waals surface area contributed by atoms with E-state index >= 15 is 0 Å². The SMILES string of the molecule is CCCN(OCC)OCC.CCO[SiH](OCC)OCC. The van der Waals surface area contributed by atoms with E-state index in [0.717, 1.165) is 13.0 Å². The van der Waals surface area contributed by atoms with Gasteiger partial charge in [0.25, 0.3) is 0 Å². The Balaban J connectivity index is 0. The van der Waals surface area contributed by atoms with Gasteiger partial charge in [-0.05, 0) is 41.0 Å². The van der Waals surface area contributed by atoms with E-state index in [1.165, 1.54) is 0 Å². The molecule has 0 fully saturated rings. The zero-order valence-electron chi connectivity index (χ0n) is 14.0. The van der Waals surface area contributed by atoms with Crippen LogP contribution in [0, 0.1) is 0 Å². The molecular formula is C13H33NO5Si. The van der Waals surface area contributed by atoms with Crippen molar-refractivity contribution in [3.05, 3.63) is 0 Å². The van der Waals surface area contributed by atoms with Crippen LogP contribution in [0.3, 0.4) is 0 Å². The minimum Gasteiger partial charge on any atom is -0.376 e. The highest BCUT2D eigenvalue weighted by atomic mass is 28.3. The van der Waals surface area contributed by atoms with Gasteiger partial charge in [0.1, 0.15) is 0 Å². The smallest absolute Gasteiger partial charge is 0.376 e. The molecule has 0 aromatic heterocycles. The van der Waals surface area contributed by atoms with Gasteiger partial charge in [0.2, 0.25) is 0 Å². The minimum atomic E-state index is -1.73. The maximum Gasteiger partial charge on any atom is 0.484 e. The van der Waals surface area contributed by atoms with Crippen molar-refractivity contribution >= 4 is 9.53 Å². The van der Waals surface area contributed by atoms with E-state index in [1.807, 2.05) is 34.6 Å². The summed E-state index contributed by atoms with van der Waals surface area (Å²) in [7, 11) is -1.73. The van der Waals surface area contributed by atoms with Gasteiger partial charge in [-0.2, -0.15) is 0 Å². The molecule has 20 heavy (non-hydrogen) atoms. The summed E-state index contributed by atoms with van der Waals surface area (Å²) in [4.78, 5) is 10.3. The lowest BCUT2D eigenvalue weighted by atomic mass is 10.5. The van der Waals surface area contributed by atoms with E-state index in [4.69, 9.17) is 23.0 Å². The molecule has 0 aromatic rings. The van der Waals surface area contributed by atoms with Gasteiger partial charge < -0.3 is 13.3 Å². The average Bonchev–Trinajstić information content (AvgIpc) is 2.41. The zero-order chi connectivity index (χ0) is 15.6. The number of hydroxylamine groups is 2. The molecule has 0 rings (SSSR count). The normalized spacial score (nSPS) is 10.8. The van der Waals surface area contributed by atoms with Crippen molar-refractivity contribution < 1.29 is 23.0 Å². The average molecular weight is 311 g/mol. The highest BCUT2D eigenvalue weighted by Gasteiger charge is 2.11. The molecule has 0 radical (unpaired) electrons. The molecule has 0 saturated heterocycles. The van der Waals surface area contributed by atoms with Crippen molar-refractivity contribution in [1.29, 1.82) is 0 Å². The molecule has 0 saturated carbocycles. The summed E-state index contributed by atoms with van der Waals surface area (Å²) < 4.78 is 15.7. The highest BCUT2D eigenvalue weighted by molar-refractivity contribution is 6.36. The maximum atomic E-state index is 5.22.